The lowest BCUT2D eigenvalue weighted by molar-refractivity contribution is 0.940. The van der Waals surface area contributed by atoms with E-state index in [4.69, 9.17) is 5.73 Å². The second-order valence-electron chi connectivity index (χ2n) is 4.22. The van der Waals surface area contributed by atoms with Gasteiger partial charge >= 0.3 is 0 Å². The van der Waals surface area contributed by atoms with Crippen molar-refractivity contribution in [1.82, 2.24) is 9.97 Å². The normalized spacial score (nSPS) is 10.5. The maximum Gasteiger partial charge on any atom is 0.131 e. The number of benzene rings is 1. The number of nitrogens with zero attached hydrogens (tertiary/aromatic N) is 2. The van der Waals surface area contributed by atoms with Gasteiger partial charge in [-0.15, -0.1) is 0 Å². The van der Waals surface area contributed by atoms with Crippen LogP contribution in [0.4, 0.5) is 5.82 Å². The quantitative estimate of drug-likeness (QED) is 0.858. The first-order valence-electron chi connectivity index (χ1n) is 5.82. The third kappa shape index (κ3) is 2.28. The second-order valence-corrected chi connectivity index (χ2v) is 4.22. The smallest absolute Gasteiger partial charge is 0.131 e. The molecule has 0 saturated heterocycles. The average molecular weight is 227 g/mol. The molecule has 0 bridgehead atoms. The molecule has 2 N–H and O–H groups in total. The fourth-order valence-electron chi connectivity index (χ4n) is 1.73. The topological polar surface area (TPSA) is 51.8 Å². The third-order valence-corrected chi connectivity index (χ3v) is 2.87. The summed E-state index contributed by atoms with van der Waals surface area (Å²) >= 11 is 0. The van der Waals surface area contributed by atoms with Gasteiger partial charge in [-0.05, 0) is 13.8 Å². The van der Waals surface area contributed by atoms with Crippen molar-refractivity contribution in [2.24, 2.45) is 0 Å². The molecule has 88 valence electrons. The van der Waals surface area contributed by atoms with Gasteiger partial charge in [0, 0.05) is 17.5 Å². The Morgan fingerprint density at radius 3 is 2.29 bits per heavy atom. The summed E-state index contributed by atoms with van der Waals surface area (Å²) in [7, 11) is 0. The van der Waals surface area contributed by atoms with Crippen LogP contribution in [0.2, 0.25) is 0 Å². The second kappa shape index (κ2) is 4.53. The van der Waals surface area contributed by atoms with Crippen molar-refractivity contribution in [3.63, 3.8) is 0 Å². The molecule has 0 amide bonds. The number of hydrogen-bond donors (Lipinski definition) is 1. The van der Waals surface area contributed by atoms with Crippen molar-refractivity contribution in [3.05, 3.63) is 41.2 Å². The van der Waals surface area contributed by atoms with Gasteiger partial charge in [-0.2, -0.15) is 0 Å². The molecule has 0 aliphatic heterocycles. The van der Waals surface area contributed by atoms with Crippen molar-refractivity contribution in [2.45, 2.75) is 27.2 Å². The summed E-state index contributed by atoms with van der Waals surface area (Å²) in [5.74, 6) is 1.37. The highest BCUT2D eigenvalue weighted by Gasteiger charge is 2.09. The zero-order valence-corrected chi connectivity index (χ0v) is 10.5. The Hall–Kier alpha value is -1.90. The molecule has 0 spiro atoms. The molecule has 1 heterocycles. The molecular weight excluding hydrogens is 210 g/mol. The summed E-state index contributed by atoms with van der Waals surface area (Å²) in [4.78, 5) is 8.82. The van der Waals surface area contributed by atoms with Gasteiger partial charge in [0.05, 0.1) is 5.69 Å². The van der Waals surface area contributed by atoms with Crippen molar-refractivity contribution >= 4 is 5.82 Å². The predicted octanol–water partition coefficient (Wildman–Crippen LogP) is 2.91. The van der Waals surface area contributed by atoms with Gasteiger partial charge in [-0.3, -0.25) is 0 Å². The Morgan fingerprint density at radius 2 is 1.71 bits per heavy atom. The number of anilines is 1. The number of hydrogen-bond acceptors (Lipinski definition) is 3. The summed E-state index contributed by atoms with van der Waals surface area (Å²) in [6.45, 7) is 6.06. The van der Waals surface area contributed by atoms with E-state index in [1.54, 1.807) is 0 Å². The van der Waals surface area contributed by atoms with E-state index in [0.717, 1.165) is 29.1 Å². The molecule has 0 aliphatic rings. The van der Waals surface area contributed by atoms with Crippen LogP contribution in [0.15, 0.2) is 24.3 Å². The van der Waals surface area contributed by atoms with E-state index in [-0.39, 0.29) is 0 Å². The molecule has 17 heavy (non-hydrogen) atoms. The molecular formula is C14H17N3. The van der Waals surface area contributed by atoms with E-state index in [0.29, 0.717) is 5.82 Å². The summed E-state index contributed by atoms with van der Waals surface area (Å²) in [5.41, 5.74) is 10.1. The van der Waals surface area contributed by atoms with Gasteiger partial charge in [-0.25, -0.2) is 9.97 Å². The number of nitrogens with two attached hydrogens (primary N) is 1. The van der Waals surface area contributed by atoms with E-state index in [1.165, 1.54) is 5.56 Å². The molecule has 0 atom stereocenters. The maximum absolute atomic E-state index is 5.91. The summed E-state index contributed by atoms with van der Waals surface area (Å²) in [6, 6.07) is 8.31. The molecule has 1 aromatic heterocycles. The third-order valence-electron chi connectivity index (χ3n) is 2.87. The van der Waals surface area contributed by atoms with E-state index in [1.807, 2.05) is 13.8 Å². The van der Waals surface area contributed by atoms with E-state index < -0.39 is 0 Å². The summed E-state index contributed by atoms with van der Waals surface area (Å²) in [5, 5.41) is 0. The van der Waals surface area contributed by atoms with Crippen molar-refractivity contribution in [1.29, 1.82) is 0 Å². The number of aryl methyl sites for hydroxylation is 2. The number of nitrogen functional groups attached to an aromatic ring is 1. The summed E-state index contributed by atoms with van der Waals surface area (Å²) < 4.78 is 0. The van der Waals surface area contributed by atoms with Gasteiger partial charge < -0.3 is 5.73 Å². The number of rotatable bonds is 2. The monoisotopic (exact) mass is 227 g/mol. The Kier molecular flexibility index (Phi) is 3.09. The van der Waals surface area contributed by atoms with Gasteiger partial charge in [0.15, 0.2) is 0 Å². The van der Waals surface area contributed by atoms with Crippen molar-refractivity contribution < 1.29 is 0 Å². The Balaban J connectivity index is 2.57. The standard InChI is InChI=1S/C14H17N3/c1-4-12-16-13(10(3)14(15)17-12)11-7-5-9(2)6-8-11/h5-8H,4H2,1-3H3,(H2,15,16,17). The average Bonchev–Trinajstić information content (AvgIpc) is 2.34. The zero-order chi connectivity index (χ0) is 12.4. The van der Waals surface area contributed by atoms with E-state index in [9.17, 15) is 0 Å². The fourth-order valence-corrected chi connectivity index (χ4v) is 1.73. The molecule has 2 rings (SSSR count). The van der Waals surface area contributed by atoms with Gasteiger partial charge in [0.1, 0.15) is 11.6 Å². The lowest BCUT2D eigenvalue weighted by Gasteiger charge is -2.09. The van der Waals surface area contributed by atoms with Gasteiger partial charge in [0.2, 0.25) is 0 Å². The van der Waals surface area contributed by atoms with E-state index in [2.05, 4.69) is 41.2 Å². The van der Waals surface area contributed by atoms with Crippen LogP contribution in [0.25, 0.3) is 11.3 Å². The molecule has 0 saturated carbocycles. The van der Waals surface area contributed by atoms with Crippen LogP contribution < -0.4 is 5.73 Å². The van der Waals surface area contributed by atoms with Gasteiger partial charge in [-0.1, -0.05) is 36.8 Å². The van der Waals surface area contributed by atoms with Crippen molar-refractivity contribution in [3.8, 4) is 11.3 Å². The molecule has 3 heteroatoms. The first kappa shape index (κ1) is 11.6. The van der Waals surface area contributed by atoms with Crippen LogP contribution in [0, 0.1) is 13.8 Å². The first-order valence-corrected chi connectivity index (χ1v) is 5.82. The fraction of sp³-hybridized carbons (Fsp3) is 0.286. The highest BCUT2D eigenvalue weighted by atomic mass is 14.9. The first-order chi connectivity index (χ1) is 8.11. The largest absolute Gasteiger partial charge is 0.383 e. The van der Waals surface area contributed by atoms with Crippen LogP contribution in [0.3, 0.4) is 0 Å². The predicted molar refractivity (Wildman–Crippen MR) is 70.7 cm³/mol. The molecule has 0 fully saturated rings. The summed E-state index contributed by atoms with van der Waals surface area (Å²) in [6.07, 6.45) is 0.795. The minimum Gasteiger partial charge on any atom is -0.383 e. The number of aromatic nitrogens is 2. The SMILES string of the molecule is CCc1nc(N)c(C)c(-c2ccc(C)cc2)n1. The minimum atomic E-state index is 0.576. The molecule has 0 aliphatic carbocycles. The Labute approximate surface area is 102 Å². The lowest BCUT2D eigenvalue weighted by Crippen LogP contribution is -2.04. The van der Waals surface area contributed by atoms with Crippen LogP contribution in [-0.4, -0.2) is 9.97 Å². The van der Waals surface area contributed by atoms with Crippen LogP contribution >= 0.6 is 0 Å². The van der Waals surface area contributed by atoms with Crippen LogP contribution in [0.1, 0.15) is 23.9 Å². The maximum atomic E-state index is 5.91. The Bertz CT molecular complexity index is 530. The molecule has 3 nitrogen and oxygen atoms in total. The molecule has 0 unspecified atom stereocenters. The highest BCUT2D eigenvalue weighted by molar-refractivity contribution is 5.67. The van der Waals surface area contributed by atoms with Crippen molar-refractivity contribution in [2.75, 3.05) is 5.73 Å². The lowest BCUT2D eigenvalue weighted by atomic mass is 10.1. The van der Waals surface area contributed by atoms with Crippen LogP contribution in [0.5, 0.6) is 0 Å². The molecule has 0 radical (unpaired) electrons. The molecule has 1 aromatic carbocycles. The molecule has 2 aromatic rings. The minimum absolute atomic E-state index is 0.576. The zero-order valence-electron chi connectivity index (χ0n) is 10.5. The Morgan fingerprint density at radius 1 is 1.06 bits per heavy atom. The van der Waals surface area contributed by atoms with Gasteiger partial charge in [0.25, 0.3) is 0 Å². The van der Waals surface area contributed by atoms with E-state index >= 15 is 0 Å². The highest BCUT2D eigenvalue weighted by Crippen LogP contribution is 2.24. The van der Waals surface area contributed by atoms with Crippen LogP contribution in [-0.2, 0) is 6.42 Å².